The van der Waals surface area contributed by atoms with Crippen molar-refractivity contribution in [1.82, 2.24) is 5.32 Å². The second-order valence-electron chi connectivity index (χ2n) is 5.13. The molecule has 0 aromatic heterocycles. The summed E-state index contributed by atoms with van der Waals surface area (Å²) in [5.74, 6) is -0.173. The molecule has 0 bridgehead atoms. The maximum absolute atomic E-state index is 11.1. The van der Waals surface area contributed by atoms with Crippen LogP contribution in [0.25, 0.3) is 0 Å². The number of rotatable bonds is 7. The minimum Gasteiger partial charge on any atom is -0.496 e. The summed E-state index contributed by atoms with van der Waals surface area (Å²) < 4.78 is 5.30. The molecule has 1 unspecified atom stereocenters. The van der Waals surface area contributed by atoms with E-state index in [0.717, 1.165) is 16.9 Å². The summed E-state index contributed by atoms with van der Waals surface area (Å²) in [6.07, 6.45) is 0. The van der Waals surface area contributed by atoms with Crippen molar-refractivity contribution >= 4 is 5.97 Å². The minimum absolute atomic E-state index is 0.115. The van der Waals surface area contributed by atoms with Crippen molar-refractivity contribution in [1.29, 1.82) is 0 Å². The van der Waals surface area contributed by atoms with Gasteiger partial charge in [-0.25, -0.2) is 0 Å². The summed E-state index contributed by atoms with van der Waals surface area (Å²) in [4.78, 5) is 11.1. The first-order chi connectivity index (χ1) is 8.95. The highest BCUT2D eigenvalue weighted by Gasteiger charge is 2.20. The van der Waals surface area contributed by atoms with Gasteiger partial charge in [-0.3, -0.25) is 4.79 Å². The third-order valence-corrected chi connectivity index (χ3v) is 3.24. The zero-order valence-corrected chi connectivity index (χ0v) is 12.1. The lowest BCUT2D eigenvalue weighted by Gasteiger charge is -2.17. The average molecular weight is 265 g/mol. The highest BCUT2D eigenvalue weighted by atomic mass is 16.5. The van der Waals surface area contributed by atoms with Crippen molar-refractivity contribution in [3.05, 3.63) is 29.3 Å². The molecule has 0 saturated heterocycles. The van der Waals surface area contributed by atoms with Gasteiger partial charge in [-0.1, -0.05) is 31.5 Å². The van der Waals surface area contributed by atoms with Gasteiger partial charge in [-0.05, 0) is 18.9 Å². The molecule has 2 N–H and O–H groups in total. The van der Waals surface area contributed by atoms with Crippen LogP contribution in [-0.4, -0.2) is 24.7 Å². The van der Waals surface area contributed by atoms with Crippen molar-refractivity contribution in [2.45, 2.75) is 27.3 Å². The van der Waals surface area contributed by atoms with Gasteiger partial charge in [0, 0.05) is 18.7 Å². The molecule has 1 atom stereocenters. The summed E-state index contributed by atoms with van der Waals surface area (Å²) in [5, 5.41) is 12.3. The molecule has 0 radical (unpaired) electrons. The van der Waals surface area contributed by atoms with Crippen LogP contribution in [0.3, 0.4) is 0 Å². The molecule has 0 aliphatic heterocycles. The van der Waals surface area contributed by atoms with E-state index in [2.05, 4.69) is 11.4 Å². The van der Waals surface area contributed by atoms with E-state index >= 15 is 0 Å². The molecular formula is C15H23NO3. The van der Waals surface area contributed by atoms with Crippen LogP contribution < -0.4 is 10.1 Å². The van der Waals surface area contributed by atoms with Crippen LogP contribution in [0, 0.1) is 18.8 Å². The second-order valence-corrected chi connectivity index (χ2v) is 5.13. The van der Waals surface area contributed by atoms with Crippen molar-refractivity contribution < 1.29 is 14.6 Å². The smallest absolute Gasteiger partial charge is 0.308 e. The first-order valence-corrected chi connectivity index (χ1v) is 6.52. The maximum atomic E-state index is 11.1. The number of ether oxygens (including phenoxy) is 1. The molecule has 106 valence electrons. The molecule has 19 heavy (non-hydrogen) atoms. The number of carboxylic acid groups (broad SMARTS) is 1. The number of aliphatic carboxylic acids is 1. The number of aryl methyl sites for hydroxylation is 1. The predicted molar refractivity (Wildman–Crippen MR) is 75.4 cm³/mol. The Bertz CT molecular complexity index is 429. The monoisotopic (exact) mass is 265 g/mol. The highest BCUT2D eigenvalue weighted by Crippen LogP contribution is 2.19. The molecular weight excluding hydrogens is 242 g/mol. The van der Waals surface area contributed by atoms with E-state index in [1.807, 2.05) is 32.9 Å². The Morgan fingerprint density at radius 1 is 1.42 bits per heavy atom. The fourth-order valence-electron chi connectivity index (χ4n) is 2.02. The van der Waals surface area contributed by atoms with Gasteiger partial charge < -0.3 is 15.2 Å². The van der Waals surface area contributed by atoms with E-state index in [4.69, 9.17) is 9.84 Å². The van der Waals surface area contributed by atoms with E-state index < -0.39 is 5.97 Å². The SMILES string of the molecule is COc1ccc(C)cc1CNCC(C(=O)O)C(C)C. The first kappa shape index (κ1) is 15.5. The van der Waals surface area contributed by atoms with Crippen LogP contribution in [0.2, 0.25) is 0 Å². The molecule has 1 aromatic rings. The van der Waals surface area contributed by atoms with Gasteiger partial charge in [0.25, 0.3) is 0 Å². The van der Waals surface area contributed by atoms with Gasteiger partial charge in [0.05, 0.1) is 13.0 Å². The summed E-state index contributed by atoms with van der Waals surface area (Å²) >= 11 is 0. The van der Waals surface area contributed by atoms with Crippen molar-refractivity contribution in [2.75, 3.05) is 13.7 Å². The lowest BCUT2D eigenvalue weighted by atomic mass is 9.96. The molecule has 0 aliphatic rings. The number of methoxy groups -OCH3 is 1. The molecule has 4 nitrogen and oxygen atoms in total. The Morgan fingerprint density at radius 2 is 2.11 bits per heavy atom. The summed E-state index contributed by atoms with van der Waals surface area (Å²) in [6, 6.07) is 5.98. The zero-order valence-electron chi connectivity index (χ0n) is 12.1. The Kier molecular flexibility index (Phi) is 5.83. The maximum Gasteiger partial charge on any atom is 0.308 e. The summed E-state index contributed by atoms with van der Waals surface area (Å²) in [6.45, 7) is 6.95. The van der Waals surface area contributed by atoms with Crippen LogP contribution in [0.15, 0.2) is 18.2 Å². The van der Waals surface area contributed by atoms with Crippen LogP contribution in [0.1, 0.15) is 25.0 Å². The molecule has 0 spiro atoms. The zero-order chi connectivity index (χ0) is 14.4. The molecule has 0 saturated carbocycles. The number of hydrogen-bond acceptors (Lipinski definition) is 3. The van der Waals surface area contributed by atoms with Crippen LogP contribution >= 0.6 is 0 Å². The third-order valence-electron chi connectivity index (χ3n) is 3.24. The molecule has 1 aromatic carbocycles. The third kappa shape index (κ3) is 4.56. The average Bonchev–Trinajstić information content (AvgIpc) is 2.33. The van der Waals surface area contributed by atoms with Gasteiger partial charge in [-0.2, -0.15) is 0 Å². The highest BCUT2D eigenvalue weighted by molar-refractivity contribution is 5.70. The quantitative estimate of drug-likeness (QED) is 0.795. The van der Waals surface area contributed by atoms with Gasteiger partial charge in [0.1, 0.15) is 5.75 Å². The molecule has 0 fully saturated rings. The van der Waals surface area contributed by atoms with Crippen molar-refractivity contribution in [3.8, 4) is 5.75 Å². The van der Waals surface area contributed by atoms with Crippen LogP contribution in [0.4, 0.5) is 0 Å². The lowest BCUT2D eigenvalue weighted by molar-refractivity contribution is -0.143. The lowest BCUT2D eigenvalue weighted by Crippen LogP contribution is -2.31. The first-order valence-electron chi connectivity index (χ1n) is 6.52. The summed E-state index contributed by atoms with van der Waals surface area (Å²) in [7, 11) is 1.64. The number of carboxylic acids is 1. The molecule has 0 aliphatic carbocycles. The Morgan fingerprint density at radius 3 is 2.63 bits per heavy atom. The van der Waals surface area contributed by atoms with E-state index in [0.29, 0.717) is 13.1 Å². The minimum atomic E-state index is -0.751. The molecule has 1 rings (SSSR count). The number of hydrogen-bond donors (Lipinski definition) is 2. The predicted octanol–water partition coefficient (Wildman–Crippen LogP) is 2.45. The molecule has 0 heterocycles. The fraction of sp³-hybridized carbons (Fsp3) is 0.533. The molecule has 4 heteroatoms. The largest absolute Gasteiger partial charge is 0.496 e. The van der Waals surface area contributed by atoms with Gasteiger partial charge in [0.15, 0.2) is 0 Å². The van der Waals surface area contributed by atoms with E-state index in [9.17, 15) is 4.79 Å². The topological polar surface area (TPSA) is 58.6 Å². The standard InChI is InChI=1S/C15H23NO3/c1-10(2)13(15(17)18)9-16-8-12-7-11(3)5-6-14(12)19-4/h5-7,10,13,16H,8-9H2,1-4H3,(H,17,18). The Hall–Kier alpha value is -1.55. The number of carbonyl (C=O) groups is 1. The van der Waals surface area contributed by atoms with Gasteiger partial charge in [0.2, 0.25) is 0 Å². The Balaban J connectivity index is 2.62. The van der Waals surface area contributed by atoms with E-state index in [-0.39, 0.29) is 11.8 Å². The fourth-order valence-corrected chi connectivity index (χ4v) is 2.02. The van der Waals surface area contributed by atoms with Crippen LogP contribution in [-0.2, 0) is 11.3 Å². The number of nitrogens with one attached hydrogen (secondary N) is 1. The van der Waals surface area contributed by atoms with Crippen molar-refractivity contribution in [2.24, 2.45) is 11.8 Å². The number of benzene rings is 1. The van der Waals surface area contributed by atoms with Gasteiger partial charge in [-0.15, -0.1) is 0 Å². The second kappa shape index (κ2) is 7.14. The van der Waals surface area contributed by atoms with Gasteiger partial charge >= 0.3 is 5.97 Å². The molecule has 0 amide bonds. The van der Waals surface area contributed by atoms with Crippen LogP contribution in [0.5, 0.6) is 5.75 Å². The summed E-state index contributed by atoms with van der Waals surface area (Å²) in [5.41, 5.74) is 2.21. The van der Waals surface area contributed by atoms with Crippen molar-refractivity contribution in [3.63, 3.8) is 0 Å². The Labute approximate surface area is 114 Å². The van der Waals surface area contributed by atoms with E-state index in [1.54, 1.807) is 7.11 Å². The van der Waals surface area contributed by atoms with E-state index in [1.165, 1.54) is 0 Å². The normalized spacial score (nSPS) is 12.5.